The fraction of sp³-hybridized carbons (Fsp3) is 0.190. The maximum atomic E-state index is 12.0. The van der Waals surface area contributed by atoms with Crippen LogP contribution in [-0.4, -0.2) is 26.0 Å². The number of hydrogen-bond acceptors (Lipinski definition) is 4. The summed E-state index contributed by atoms with van der Waals surface area (Å²) in [5.74, 6) is 1.33. The third-order valence-corrected chi connectivity index (χ3v) is 4.70. The summed E-state index contributed by atoms with van der Waals surface area (Å²) in [4.78, 5) is 33.2. The van der Waals surface area contributed by atoms with Crippen molar-refractivity contribution in [3.63, 3.8) is 0 Å². The van der Waals surface area contributed by atoms with Gasteiger partial charge in [0.1, 0.15) is 5.01 Å². The third-order valence-electron chi connectivity index (χ3n) is 3.83. The Balaban J connectivity index is 0.000000640. The average molecular weight is 395 g/mol. The summed E-state index contributed by atoms with van der Waals surface area (Å²) < 4.78 is 0. The predicted octanol–water partition coefficient (Wildman–Crippen LogP) is 4.56. The molecule has 0 atom stereocenters. The Bertz CT molecular complexity index is 1100. The summed E-state index contributed by atoms with van der Waals surface area (Å²) >= 11 is 1.31. The number of aromatic amines is 2. The van der Waals surface area contributed by atoms with E-state index >= 15 is 0 Å². The normalized spacial score (nSPS) is 10.4. The summed E-state index contributed by atoms with van der Waals surface area (Å²) in [5.41, 5.74) is 3.68. The summed E-state index contributed by atoms with van der Waals surface area (Å²) in [7, 11) is 0. The molecule has 0 spiro atoms. The molecule has 0 aromatic carbocycles. The van der Waals surface area contributed by atoms with Crippen LogP contribution >= 0.6 is 11.3 Å². The van der Waals surface area contributed by atoms with Crippen LogP contribution in [0, 0.1) is 19.3 Å². The van der Waals surface area contributed by atoms with Crippen LogP contribution < -0.4 is 5.56 Å². The van der Waals surface area contributed by atoms with E-state index < -0.39 is 5.97 Å². The second-order valence-electron chi connectivity index (χ2n) is 5.77. The lowest BCUT2D eigenvalue weighted by Crippen LogP contribution is -2.11. The number of nitrogens with one attached hydrogen (secondary N) is 2. The van der Waals surface area contributed by atoms with E-state index in [1.165, 1.54) is 23.6 Å². The van der Waals surface area contributed by atoms with Crippen molar-refractivity contribution in [1.29, 1.82) is 0 Å². The zero-order chi connectivity index (χ0) is 20.7. The van der Waals surface area contributed by atoms with E-state index in [9.17, 15) is 9.59 Å². The van der Waals surface area contributed by atoms with Gasteiger partial charge in [0, 0.05) is 41.0 Å². The first-order chi connectivity index (χ1) is 13.4. The highest BCUT2D eigenvalue weighted by Gasteiger charge is 2.15. The van der Waals surface area contributed by atoms with Crippen molar-refractivity contribution in [2.45, 2.75) is 27.2 Å². The number of aryl methyl sites for hydroxylation is 1. The van der Waals surface area contributed by atoms with Gasteiger partial charge in [-0.2, -0.15) is 0 Å². The predicted molar refractivity (Wildman–Crippen MR) is 113 cm³/mol. The summed E-state index contributed by atoms with van der Waals surface area (Å²) in [6.45, 7) is 5.87. The zero-order valence-corrected chi connectivity index (χ0v) is 16.7. The number of hydrogen-bond donors (Lipinski definition) is 3. The third kappa shape index (κ3) is 4.67. The van der Waals surface area contributed by atoms with Gasteiger partial charge >= 0.3 is 5.97 Å². The molecule has 3 aromatic heterocycles. The van der Waals surface area contributed by atoms with E-state index in [1.54, 1.807) is 0 Å². The topological polar surface area (TPSA) is 98.8 Å². The molecule has 3 rings (SSSR count). The van der Waals surface area contributed by atoms with Gasteiger partial charge in [-0.1, -0.05) is 19.1 Å². The number of allylic oxidation sites excluding steroid dienone is 1. The van der Waals surface area contributed by atoms with Gasteiger partial charge in [-0.15, -0.1) is 23.7 Å². The monoisotopic (exact) mass is 395 g/mol. The Morgan fingerprint density at radius 3 is 2.68 bits per heavy atom. The lowest BCUT2D eigenvalue weighted by atomic mass is 10.1. The molecule has 0 aliphatic rings. The molecule has 0 aliphatic heterocycles. The number of nitrogens with zero attached hydrogens (tertiary/aromatic N) is 1. The number of carbonyl (C=O) groups is 1. The Morgan fingerprint density at radius 2 is 2.07 bits per heavy atom. The molecule has 3 N–H and O–H groups in total. The Kier molecular flexibility index (Phi) is 7.13. The van der Waals surface area contributed by atoms with Crippen LogP contribution in [0.25, 0.3) is 27.9 Å². The molecule has 0 amide bonds. The van der Waals surface area contributed by atoms with Crippen LogP contribution in [0.1, 0.15) is 41.9 Å². The SMILES string of the molecule is C#CCC.C/C=C\c1c(-c2csc(-c3cc(C(=O)O)c[nH]c3=O)n2)c[nH]c1C. The number of thiazole rings is 1. The fourth-order valence-electron chi connectivity index (χ4n) is 2.42. The Labute approximate surface area is 167 Å². The van der Waals surface area contributed by atoms with E-state index in [4.69, 9.17) is 11.5 Å². The van der Waals surface area contributed by atoms with Crippen LogP contribution in [0.5, 0.6) is 0 Å². The lowest BCUT2D eigenvalue weighted by Gasteiger charge is -1.99. The summed E-state index contributed by atoms with van der Waals surface area (Å²) in [6.07, 6.45) is 12.6. The van der Waals surface area contributed by atoms with Crippen LogP contribution in [0.15, 0.2) is 34.7 Å². The largest absolute Gasteiger partial charge is 0.478 e. The number of aromatic carboxylic acids is 1. The van der Waals surface area contributed by atoms with Crippen molar-refractivity contribution in [1.82, 2.24) is 15.0 Å². The standard InChI is InChI=1S/C17H15N3O3S.C4H6/c1-3-4-11-9(2)18-7-13(11)14-8-24-16(20-14)12-5-10(17(22)23)6-19-15(12)21;1-3-4-2/h3-8,18H,1-2H3,(H,19,21)(H,22,23);1H,4H2,2H3/b4-3-;. The number of rotatable bonds is 4. The van der Waals surface area contributed by atoms with Gasteiger partial charge in [-0.25, -0.2) is 9.78 Å². The fourth-order valence-corrected chi connectivity index (χ4v) is 3.25. The number of terminal acetylenes is 1. The van der Waals surface area contributed by atoms with E-state index in [1.807, 2.05) is 44.5 Å². The molecule has 0 radical (unpaired) electrons. The Hall–Kier alpha value is -3.37. The van der Waals surface area contributed by atoms with Crippen molar-refractivity contribution in [3.05, 3.63) is 57.1 Å². The molecular weight excluding hydrogens is 374 g/mol. The van der Waals surface area contributed by atoms with Gasteiger partial charge in [0.2, 0.25) is 0 Å². The molecule has 3 aromatic rings. The molecule has 0 aliphatic carbocycles. The number of pyridine rings is 1. The average Bonchev–Trinajstić information content (AvgIpc) is 3.30. The molecule has 0 bridgehead atoms. The van der Waals surface area contributed by atoms with Gasteiger partial charge < -0.3 is 15.1 Å². The van der Waals surface area contributed by atoms with Crippen LogP contribution in [0.2, 0.25) is 0 Å². The molecule has 3 heterocycles. The van der Waals surface area contributed by atoms with Gasteiger partial charge in [-0.05, 0) is 19.9 Å². The quantitative estimate of drug-likeness (QED) is 0.564. The summed E-state index contributed by atoms with van der Waals surface area (Å²) in [5, 5.41) is 11.4. The van der Waals surface area contributed by atoms with E-state index in [-0.39, 0.29) is 16.7 Å². The maximum Gasteiger partial charge on any atom is 0.337 e. The van der Waals surface area contributed by atoms with Gasteiger partial charge in [0.15, 0.2) is 0 Å². The molecular formula is C21H21N3O3S. The van der Waals surface area contributed by atoms with Crippen molar-refractivity contribution in [2.24, 2.45) is 0 Å². The minimum absolute atomic E-state index is 0.0217. The minimum Gasteiger partial charge on any atom is -0.478 e. The highest BCUT2D eigenvalue weighted by atomic mass is 32.1. The first kappa shape index (κ1) is 20.9. The molecule has 7 heteroatoms. The lowest BCUT2D eigenvalue weighted by molar-refractivity contribution is 0.0696. The smallest absolute Gasteiger partial charge is 0.337 e. The van der Waals surface area contributed by atoms with Crippen molar-refractivity contribution < 1.29 is 9.90 Å². The summed E-state index contributed by atoms with van der Waals surface area (Å²) in [6, 6.07) is 1.35. The first-order valence-electron chi connectivity index (χ1n) is 8.59. The maximum absolute atomic E-state index is 12.0. The van der Waals surface area contributed by atoms with Crippen molar-refractivity contribution in [2.75, 3.05) is 0 Å². The van der Waals surface area contributed by atoms with E-state index in [2.05, 4.69) is 20.9 Å². The Morgan fingerprint density at radius 1 is 1.36 bits per heavy atom. The van der Waals surface area contributed by atoms with Crippen molar-refractivity contribution in [3.8, 4) is 34.2 Å². The molecule has 0 saturated heterocycles. The second-order valence-corrected chi connectivity index (χ2v) is 6.63. The van der Waals surface area contributed by atoms with Crippen LogP contribution in [0.3, 0.4) is 0 Å². The molecule has 6 nitrogen and oxygen atoms in total. The van der Waals surface area contributed by atoms with Gasteiger partial charge in [0.05, 0.1) is 16.8 Å². The molecule has 28 heavy (non-hydrogen) atoms. The van der Waals surface area contributed by atoms with E-state index in [0.717, 1.165) is 28.9 Å². The molecule has 144 valence electrons. The molecule has 0 fully saturated rings. The van der Waals surface area contributed by atoms with Crippen LogP contribution in [-0.2, 0) is 0 Å². The van der Waals surface area contributed by atoms with Gasteiger partial charge in [-0.3, -0.25) is 4.79 Å². The highest BCUT2D eigenvalue weighted by molar-refractivity contribution is 7.13. The van der Waals surface area contributed by atoms with E-state index in [0.29, 0.717) is 5.01 Å². The number of carboxylic acids is 1. The number of carboxylic acid groups (broad SMARTS) is 1. The first-order valence-corrected chi connectivity index (χ1v) is 9.47. The van der Waals surface area contributed by atoms with Crippen LogP contribution in [0.4, 0.5) is 0 Å². The molecule has 0 saturated carbocycles. The minimum atomic E-state index is -1.10. The second kappa shape index (κ2) is 9.53. The van der Waals surface area contributed by atoms with Gasteiger partial charge in [0.25, 0.3) is 5.56 Å². The molecule has 0 unspecified atom stereocenters. The number of aromatic nitrogens is 3. The highest BCUT2D eigenvalue weighted by Crippen LogP contribution is 2.31. The zero-order valence-electron chi connectivity index (χ0n) is 15.9. The number of H-pyrrole nitrogens is 2. The van der Waals surface area contributed by atoms with Crippen molar-refractivity contribution >= 4 is 23.4 Å².